The third kappa shape index (κ3) is 4.54. The molecular formula is C32H40N4O5. The summed E-state index contributed by atoms with van der Waals surface area (Å²) in [7, 11) is 0. The molecular weight excluding hydrogens is 520 g/mol. The Bertz CT molecular complexity index is 1550. The summed E-state index contributed by atoms with van der Waals surface area (Å²) in [5.74, 6) is -1.45. The maximum Gasteiger partial charge on any atom is 0.340 e. The number of rotatable bonds is 7. The second-order valence-electron chi connectivity index (χ2n) is 11.8. The molecule has 3 N–H and O–H groups in total. The number of hydrogen-bond donors (Lipinski definition) is 3. The zero-order valence-corrected chi connectivity index (χ0v) is 24.0. The summed E-state index contributed by atoms with van der Waals surface area (Å²) in [6.07, 6.45) is 6.95. The number of aliphatic hydroxyl groups is 2. The van der Waals surface area contributed by atoms with Crippen LogP contribution in [-0.2, 0) is 30.0 Å². The molecule has 2 saturated heterocycles. The van der Waals surface area contributed by atoms with Crippen molar-refractivity contribution in [3.63, 3.8) is 0 Å². The minimum atomic E-state index is -2.28. The van der Waals surface area contributed by atoms with Crippen molar-refractivity contribution >= 4 is 22.6 Å². The lowest BCUT2D eigenvalue weighted by Crippen LogP contribution is -2.46. The highest BCUT2D eigenvalue weighted by atomic mass is 16.4. The average Bonchev–Trinajstić information content (AvgIpc) is 3.38. The Morgan fingerprint density at radius 3 is 2.41 bits per heavy atom. The molecule has 0 bridgehead atoms. The van der Waals surface area contributed by atoms with Crippen molar-refractivity contribution in [3.05, 3.63) is 56.9 Å². The van der Waals surface area contributed by atoms with E-state index in [1.54, 1.807) is 11.5 Å². The fourth-order valence-corrected chi connectivity index (χ4v) is 7.29. The summed E-state index contributed by atoms with van der Waals surface area (Å²) >= 11 is 0. The standard InChI is InChI=1S/C32H40N4O5/c1-3-22-23-16-21(35-14-10-20(11-15-35)34-12-6-5-7-13-34)8-9-27(23)33-29-24(22)18-36-28(29)17-26(25(19-37)30(36)38)32(41,4-2)31(39)40/h8-9,16-17,20,37,41H,3-7,10-15,18-19H2,1-2H3,(H,39,40)/t32-/m0/s1. The first-order valence-electron chi connectivity index (χ1n) is 15.1. The summed E-state index contributed by atoms with van der Waals surface area (Å²) < 4.78 is 1.55. The molecule has 2 aromatic heterocycles. The van der Waals surface area contributed by atoms with Gasteiger partial charge in [-0.3, -0.25) is 4.79 Å². The largest absolute Gasteiger partial charge is 0.479 e. The van der Waals surface area contributed by atoms with Gasteiger partial charge in [-0.15, -0.1) is 0 Å². The van der Waals surface area contributed by atoms with Crippen molar-refractivity contribution in [3.8, 4) is 11.4 Å². The number of hydrogen-bond acceptors (Lipinski definition) is 7. The van der Waals surface area contributed by atoms with E-state index in [1.807, 2.05) is 6.07 Å². The molecule has 218 valence electrons. The van der Waals surface area contributed by atoms with Gasteiger partial charge in [-0.05, 0) is 81.4 Å². The topological polar surface area (TPSA) is 119 Å². The fraction of sp³-hybridized carbons (Fsp3) is 0.531. The molecule has 0 amide bonds. The van der Waals surface area contributed by atoms with Crippen LogP contribution in [0.1, 0.15) is 74.6 Å². The summed E-state index contributed by atoms with van der Waals surface area (Å²) in [6.45, 7) is 7.81. The molecule has 0 radical (unpaired) electrons. The minimum Gasteiger partial charge on any atom is -0.479 e. The van der Waals surface area contributed by atoms with Crippen LogP contribution in [0.2, 0.25) is 0 Å². The number of fused-ring (bicyclic) bond motifs is 4. The number of carboxylic acid groups (broad SMARTS) is 1. The normalized spacial score (nSPS) is 19.3. The van der Waals surface area contributed by atoms with Crippen LogP contribution in [0, 0.1) is 0 Å². The van der Waals surface area contributed by atoms with Crippen LogP contribution in [-0.4, -0.2) is 68.0 Å². The Hall–Kier alpha value is -3.27. The van der Waals surface area contributed by atoms with Crippen LogP contribution in [0.25, 0.3) is 22.3 Å². The van der Waals surface area contributed by atoms with E-state index >= 15 is 0 Å². The van der Waals surface area contributed by atoms with Gasteiger partial charge < -0.3 is 29.7 Å². The molecule has 9 heteroatoms. The number of aromatic nitrogens is 2. The predicted molar refractivity (Wildman–Crippen MR) is 158 cm³/mol. The Morgan fingerprint density at radius 2 is 1.78 bits per heavy atom. The number of aliphatic carboxylic acids is 1. The number of anilines is 1. The number of benzene rings is 1. The molecule has 1 aromatic carbocycles. The predicted octanol–water partition coefficient (Wildman–Crippen LogP) is 3.62. The smallest absolute Gasteiger partial charge is 0.340 e. The molecule has 2 fully saturated rings. The average molecular weight is 561 g/mol. The van der Waals surface area contributed by atoms with Gasteiger partial charge in [0, 0.05) is 46.9 Å². The summed E-state index contributed by atoms with van der Waals surface area (Å²) in [5.41, 5.74) is 2.26. The number of aryl methyl sites for hydroxylation is 1. The van der Waals surface area contributed by atoms with Gasteiger partial charge in [0.15, 0.2) is 5.60 Å². The highest BCUT2D eigenvalue weighted by Gasteiger charge is 2.41. The van der Waals surface area contributed by atoms with Gasteiger partial charge in [0.2, 0.25) is 0 Å². The zero-order valence-electron chi connectivity index (χ0n) is 24.0. The van der Waals surface area contributed by atoms with Crippen LogP contribution >= 0.6 is 0 Å². The highest BCUT2D eigenvalue weighted by Crippen LogP contribution is 2.39. The highest BCUT2D eigenvalue weighted by molar-refractivity contribution is 5.91. The Balaban J connectivity index is 1.37. The third-order valence-electron chi connectivity index (χ3n) is 9.71. The minimum absolute atomic E-state index is 0.0673. The number of carbonyl (C=O) groups is 1. The number of pyridine rings is 2. The third-order valence-corrected chi connectivity index (χ3v) is 9.71. The van der Waals surface area contributed by atoms with Gasteiger partial charge in [-0.2, -0.15) is 0 Å². The Kier molecular flexibility index (Phi) is 7.38. The zero-order chi connectivity index (χ0) is 28.9. The molecule has 0 aliphatic carbocycles. The number of aliphatic hydroxyl groups excluding tert-OH is 1. The van der Waals surface area contributed by atoms with Gasteiger partial charge in [-0.1, -0.05) is 20.3 Å². The van der Waals surface area contributed by atoms with Crippen LogP contribution in [0.3, 0.4) is 0 Å². The molecule has 9 nitrogen and oxygen atoms in total. The molecule has 6 rings (SSSR count). The summed E-state index contributed by atoms with van der Waals surface area (Å²) in [4.78, 5) is 35.7. The molecule has 0 spiro atoms. The van der Waals surface area contributed by atoms with Crippen LogP contribution in [0.4, 0.5) is 5.69 Å². The first-order valence-corrected chi connectivity index (χ1v) is 15.1. The molecule has 5 heterocycles. The number of carboxylic acids is 1. The van der Waals surface area contributed by atoms with Crippen LogP contribution in [0.15, 0.2) is 29.1 Å². The molecule has 3 aliphatic heterocycles. The van der Waals surface area contributed by atoms with E-state index < -0.39 is 23.7 Å². The van der Waals surface area contributed by atoms with E-state index in [4.69, 9.17) is 4.98 Å². The lowest BCUT2D eigenvalue weighted by atomic mass is 9.87. The van der Waals surface area contributed by atoms with Crippen molar-refractivity contribution in [2.75, 3.05) is 31.1 Å². The van der Waals surface area contributed by atoms with E-state index in [2.05, 4.69) is 28.9 Å². The fourth-order valence-electron chi connectivity index (χ4n) is 7.29. The van der Waals surface area contributed by atoms with Crippen molar-refractivity contribution in [1.82, 2.24) is 14.5 Å². The second kappa shape index (κ2) is 10.9. The van der Waals surface area contributed by atoms with E-state index in [-0.39, 0.29) is 17.5 Å². The quantitative estimate of drug-likeness (QED) is 0.314. The molecule has 1 atom stereocenters. The first-order chi connectivity index (χ1) is 19.8. The lowest BCUT2D eigenvalue weighted by molar-refractivity contribution is -0.160. The van der Waals surface area contributed by atoms with E-state index in [9.17, 15) is 24.9 Å². The molecule has 41 heavy (non-hydrogen) atoms. The van der Waals surface area contributed by atoms with Crippen LogP contribution < -0.4 is 10.5 Å². The second-order valence-corrected chi connectivity index (χ2v) is 11.8. The van der Waals surface area contributed by atoms with E-state index in [0.717, 1.165) is 41.5 Å². The van der Waals surface area contributed by atoms with E-state index in [0.29, 0.717) is 24.0 Å². The first kappa shape index (κ1) is 27.9. The number of nitrogens with zero attached hydrogens (tertiary/aromatic N) is 4. The Morgan fingerprint density at radius 1 is 1.05 bits per heavy atom. The number of piperidine rings is 2. The Labute approximate surface area is 240 Å². The van der Waals surface area contributed by atoms with Gasteiger partial charge in [-0.25, -0.2) is 9.78 Å². The maximum absolute atomic E-state index is 13.5. The SMILES string of the molecule is CCc1c2c(nc3ccc(N4CCC(N5CCCCC5)CC4)cc13)-c1cc([C@@](O)(CC)C(=O)O)c(CO)c(=O)n1C2. The van der Waals surface area contributed by atoms with Gasteiger partial charge in [0.1, 0.15) is 0 Å². The van der Waals surface area contributed by atoms with Gasteiger partial charge >= 0.3 is 5.97 Å². The van der Waals surface area contributed by atoms with Gasteiger partial charge in [0.25, 0.3) is 5.56 Å². The van der Waals surface area contributed by atoms with Crippen molar-refractivity contribution in [1.29, 1.82) is 0 Å². The lowest BCUT2D eigenvalue weighted by Gasteiger charge is -2.41. The van der Waals surface area contributed by atoms with Gasteiger partial charge in [0.05, 0.1) is 30.1 Å². The molecule has 3 aromatic rings. The van der Waals surface area contributed by atoms with Crippen LogP contribution in [0.5, 0.6) is 0 Å². The molecule has 3 aliphatic rings. The summed E-state index contributed by atoms with van der Waals surface area (Å²) in [6, 6.07) is 8.63. The monoisotopic (exact) mass is 560 g/mol. The van der Waals surface area contributed by atoms with Crippen molar-refractivity contribution < 1.29 is 20.1 Å². The molecule has 0 unspecified atom stereocenters. The van der Waals surface area contributed by atoms with E-state index in [1.165, 1.54) is 56.9 Å². The molecule has 0 saturated carbocycles. The van der Waals surface area contributed by atoms with Crippen molar-refractivity contribution in [2.24, 2.45) is 0 Å². The van der Waals surface area contributed by atoms with Crippen molar-refractivity contribution in [2.45, 2.75) is 83.6 Å². The maximum atomic E-state index is 13.5. The summed E-state index contributed by atoms with van der Waals surface area (Å²) in [5, 5.41) is 31.9. The number of likely N-dealkylation sites (tertiary alicyclic amines) is 1.